The number of rotatable bonds is 5. The second kappa shape index (κ2) is 8.03. The van der Waals surface area contributed by atoms with E-state index in [0.29, 0.717) is 43.6 Å². The summed E-state index contributed by atoms with van der Waals surface area (Å²) in [5, 5.41) is 0. The van der Waals surface area contributed by atoms with E-state index in [1.54, 1.807) is 14.0 Å². The molecule has 1 atom stereocenters. The van der Waals surface area contributed by atoms with Crippen molar-refractivity contribution in [2.45, 2.75) is 20.0 Å². The standard InChI is InChI=1S/C19H24N4O3/c1-14(26-16-7-5-4-6-8-16)19(24)23-11-9-22(10-12-23)17-13-18(25-3)21-15(2)20-17/h4-8,13-14H,9-12H2,1-3H3. The fourth-order valence-corrected chi connectivity index (χ4v) is 2.96. The van der Waals surface area contributed by atoms with Crippen molar-refractivity contribution in [1.82, 2.24) is 14.9 Å². The molecule has 138 valence electrons. The van der Waals surface area contributed by atoms with Gasteiger partial charge in [0.25, 0.3) is 5.91 Å². The number of ether oxygens (including phenoxy) is 2. The Kier molecular flexibility index (Phi) is 5.55. The van der Waals surface area contributed by atoms with Crippen LogP contribution in [0.5, 0.6) is 11.6 Å². The number of methoxy groups -OCH3 is 1. The lowest BCUT2D eigenvalue weighted by molar-refractivity contribution is -0.138. The molecule has 1 unspecified atom stereocenters. The van der Waals surface area contributed by atoms with E-state index in [2.05, 4.69) is 14.9 Å². The Hall–Kier alpha value is -2.83. The van der Waals surface area contributed by atoms with Gasteiger partial charge in [-0.15, -0.1) is 0 Å². The summed E-state index contributed by atoms with van der Waals surface area (Å²) in [6.07, 6.45) is -0.509. The van der Waals surface area contributed by atoms with E-state index in [1.165, 1.54) is 0 Å². The third-order valence-corrected chi connectivity index (χ3v) is 4.33. The third kappa shape index (κ3) is 4.22. The summed E-state index contributed by atoms with van der Waals surface area (Å²) in [7, 11) is 1.59. The Morgan fingerprint density at radius 1 is 1.12 bits per heavy atom. The Bertz CT molecular complexity index is 746. The minimum Gasteiger partial charge on any atom is -0.481 e. The quantitative estimate of drug-likeness (QED) is 0.815. The Labute approximate surface area is 153 Å². The first-order valence-electron chi connectivity index (χ1n) is 8.72. The molecule has 1 saturated heterocycles. The molecule has 1 aliphatic rings. The highest BCUT2D eigenvalue weighted by Gasteiger charge is 2.26. The number of benzene rings is 1. The number of hydrogen-bond acceptors (Lipinski definition) is 6. The van der Waals surface area contributed by atoms with Crippen LogP contribution in [0.15, 0.2) is 36.4 Å². The Morgan fingerprint density at radius 2 is 1.81 bits per heavy atom. The number of piperazine rings is 1. The lowest BCUT2D eigenvalue weighted by Gasteiger charge is -2.36. The van der Waals surface area contributed by atoms with E-state index in [0.717, 1.165) is 5.82 Å². The fraction of sp³-hybridized carbons (Fsp3) is 0.421. The van der Waals surface area contributed by atoms with Gasteiger partial charge in [-0.3, -0.25) is 4.79 Å². The average Bonchev–Trinajstić information content (AvgIpc) is 2.67. The van der Waals surface area contributed by atoms with E-state index in [1.807, 2.05) is 48.2 Å². The molecule has 1 amide bonds. The van der Waals surface area contributed by atoms with Gasteiger partial charge in [-0.2, -0.15) is 4.98 Å². The van der Waals surface area contributed by atoms with Crippen molar-refractivity contribution in [3.05, 3.63) is 42.2 Å². The first-order chi connectivity index (χ1) is 12.6. The number of para-hydroxylation sites is 1. The summed E-state index contributed by atoms with van der Waals surface area (Å²) in [4.78, 5) is 25.3. The van der Waals surface area contributed by atoms with Crippen molar-refractivity contribution in [1.29, 1.82) is 0 Å². The van der Waals surface area contributed by atoms with E-state index in [9.17, 15) is 4.79 Å². The van der Waals surface area contributed by atoms with Gasteiger partial charge in [0.05, 0.1) is 7.11 Å². The lowest BCUT2D eigenvalue weighted by Crippen LogP contribution is -2.52. The first kappa shape index (κ1) is 18.0. The molecule has 0 aliphatic carbocycles. The molecular formula is C19H24N4O3. The van der Waals surface area contributed by atoms with E-state index in [4.69, 9.17) is 9.47 Å². The molecule has 2 heterocycles. The minimum atomic E-state index is -0.509. The zero-order valence-corrected chi connectivity index (χ0v) is 15.4. The number of aryl methyl sites for hydroxylation is 1. The van der Waals surface area contributed by atoms with E-state index >= 15 is 0 Å². The van der Waals surface area contributed by atoms with E-state index < -0.39 is 6.10 Å². The summed E-state index contributed by atoms with van der Waals surface area (Å²) in [5.74, 6) is 2.76. The van der Waals surface area contributed by atoms with Crippen LogP contribution in [0.25, 0.3) is 0 Å². The maximum Gasteiger partial charge on any atom is 0.263 e. The predicted molar refractivity (Wildman–Crippen MR) is 98.6 cm³/mol. The summed E-state index contributed by atoms with van der Waals surface area (Å²) in [6, 6.07) is 11.2. The van der Waals surface area contributed by atoms with Gasteiger partial charge in [-0.25, -0.2) is 4.98 Å². The van der Waals surface area contributed by atoms with Crippen LogP contribution in [0.1, 0.15) is 12.7 Å². The molecule has 3 rings (SSSR count). The van der Waals surface area contributed by atoms with Crippen molar-refractivity contribution < 1.29 is 14.3 Å². The Balaban J connectivity index is 1.57. The number of hydrogen-bond donors (Lipinski definition) is 0. The van der Waals surface area contributed by atoms with Gasteiger partial charge in [-0.1, -0.05) is 18.2 Å². The van der Waals surface area contributed by atoms with Gasteiger partial charge in [-0.05, 0) is 26.0 Å². The zero-order valence-electron chi connectivity index (χ0n) is 15.4. The number of amides is 1. The highest BCUT2D eigenvalue weighted by atomic mass is 16.5. The SMILES string of the molecule is COc1cc(N2CCN(C(=O)C(C)Oc3ccccc3)CC2)nc(C)n1. The zero-order chi connectivity index (χ0) is 18.5. The molecule has 7 heteroatoms. The van der Waals surface area contributed by atoms with Gasteiger partial charge in [0, 0.05) is 32.2 Å². The molecule has 0 N–H and O–H groups in total. The van der Waals surface area contributed by atoms with E-state index in [-0.39, 0.29) is 5.91 Å². The van der Waals surface area contributed by atoms with Crippen LogP contribution in [-0.2, 0) is 4.79 Å². The van der Waals surface area contributed by atoms with Gasteiger partial charge in [0.2, 0.25) is 5.88 Å². The molecular weight excluding hydrogens is 332 g/mol. The van der Waals surface area contributed by atoms with Crippen molar-refractivity contribution in [2.75, 3.05) is 38.2 Å². The molecule has 1 aromatic carbocycles. The summed E-state index contributed by atoms with van der Waals surface area (Å²) >= 11 is 0. The number of carbonyl (C=O) groups is 1. The molecule has 0 radical (unpaired) electrons. The second-order valence-electron chi connectivity index (χ2n) is 6.20. The number of anilines is 1. The largest absolute Gasteiger partial charge is 0.481 e. The van der Waals surface area contributed by atoms with Crippen LogP contribution < -0.4 is 14.4 Å². The first-order valence-corrected chi connectivity index (χ1v) is 8.72. The smallest absolute Gasteiger partial charge is 0.263 e. The molecule has 2 aromatic rings. The monoisotopic (exact) mass is 356 g/mol. The van der Waals surface area contributed by atoms with Crippen LogP contribution in [-0.4, -0.2) is 60.2 Å². The molecule has 0 spiro atoms. The summed E-state index contributed by atoms with van der Waals surface area (Å²) in [6.45, 7) is 6.32. The van der Waals surface area contributed by atoms with Gasteiger partial charge in [0.15, 0.2) is 6.10 Å². The van der Waals surface area contributed by atoms with Crippen LogP contribution >= 0.6 is 0 Å². The maximum atomic E-state index is 12.6. The number of aromatic nitrogens is 2. The second-order valence-corrected chi connectivity index (χ2v) is 6.20. The van der Waals surface area contributed by atoms with Crippen LogP contribution in [0.2, 0.25) is 0 Å². The molecule has 1 aliphatic heterocycles. The Morgan fingerprint density at radius 3 is 2.46 bits per heavy atom. The molecule has 1 fully saturated rings. The van der Waals surface area contributed by atoms with Gasteiger partial charge >= 0.3 is 0 Å². The average molecular weight is 356 g/mol. The fourth-order valence-electron chi connectivity index (χ4n) is 2.96. The van der Waals surface area contributed by atoms with Gasteiger partial charge in [0.1, 0.15) is 17.4 Å². The molecule has 0 saturated carbocycles. The number of nitrogens with zero attached hydrogens (tertiary/aromatic N) is 4. The molecule has 26 heavy (non-hydrogen) atoms. The summed E-state index contributed by atoms with van der Waals surface area (Å²) in [5.41, 5.74) is 0. The van der Waals surface area contributed by atoms with Crippen molar-refractivity contribution in [3.63, 3.8) is 0 Å². The highest BCUT2D eigenvalue weighted by molar-refractivity contribution is 5.81. The van der Waals surface area contributed by atoms with Crippen LogP contribution in [0.3, 0.4) is 0 Å². The topological polar surface area (TPSA) is 67.8 Å². The predicted octanol–water partition coefficient (Wildman–Crippen LogP) is 1.91. The van der Waals surface area contributed by atoms with Crippen LogP contribution in [0.4, 0.5) is 5.82 Å². The van der Waals surface area contributed by atoms with Crippen molar-refractivity contribution in [3.8, 4) is 11.6 Å². The molecule has 7 nitrogen and oxygen atoms in total. The minimum absolute atomic E-state index is 0.00458. The van der Waals surface area contributed by atoms with Crippen molar-refractivity contribution >= 4 is 11.7 Å². The molecule has 1 aromatic heterocycles. The molecule has 0 bridgehead atoms. The maximum absolute atomic E-state index is 12.6. The van der Waals surface area contributed by atoms with Crippen LogP contribution in [0, 0.1) is 6.92 Å². The normalized spacial score (nSPS) is 15.5. The number of carbonyl (C=O) groups excluding carboxylic acids is 1. The summed E-state index contributed by atoms with van der Waals surface area (Å²) < 4.78 is 11.0. The van der Waals surface area contributed by atoms with Gasteiger partial charge < -0.3 is 19.3 Å². The third-order valence-electron chi connectivity index (χ3n) is 4.33. The lowest BCUT2D eigenvalue weighted by atomic mass is 10.2. The van der Waals surface area contributed by atoms with Crippen molar-refractivity contribution in [2.24, 2.45) is 0 Å². The highest BCUT2D eigenvalue weighted by Crippen LogP contribution is 2.19.